The van der Waals surface area contributed by atoms with Crippen LogP contribution in [0.5, 0.6) is 0 Å². The fraction of sp³-hybridized carbons (Fsp3) is 0.531. The van der Waals surface area contributed by atoms with E-state index in [0.717, 1.165) is 24.8 Å². The van der Waals surface area contributed by atoms with Gasteiger partial charge in [0.15, 0.2) is 5.78 Å². The summed E-state index contributed by atoms with van der Waals surface area (Å²) in [5.74, 6) is -1.60. The monoisotopic (exact) mass is 1080 g/mol. The van der Waals surface area contributed by atoms with Crippen LogP contribution in [0.3, 0.4) is 0 Å². The number of carbonyl (C=O) groups is 7. The Morgan fingerprint density at radius 2 is 1.52 bits per heavy atom. The summed E-state index contributed by atoms with van der Waals surface area (Å²) in [6.07, 6.45) is 6.92. The molecule has 1 unspecified atom stereocenters. The van der Waals surface area contributed by atoms with Gasteiger partial charge in [0.2, 0.25) is 29.5 Å². The normalized spacial score (nSPS) is 17.2. The molecule has 1 aliphatic carbocycles. The van der Waals surface area contributed by atoms with Crippen LogP contribution in [0.25, 0.3) is 22.0 Å². The minimum absolute atomic E-state index is 0.000154. The van der Waals surface area contributed by atoms with Crippen molar-refractivity contribution in [2.45, 2.75) is 90.5 Å². The van der Waals surface area contributed by atoms with E-state index < -0.39 is 18.1 Å². The number of aliphatic carboxylic acids is 1. The number of piperidine rings is 1. The first-order chi connectivity index (χ1) is 35.1. The number of anilines is 1. The molecule has 24 heteroatoms. The standard InChI is InChI=1S/C49H64BrN11O12/c1-4-5-6-33-34-22-38(48(67)58-47-29(2)7-11-39(50)57-47)61(46(33)34)44(66)26-60-37-10-8-31(21-35(37)45(59-60)30(3)62)32-23-54-40(55-24-32)25-56-43(65)28-73-20-18-71-16-14-53-42(64)27-72-19-17-70-15-13-52-41(63)12-9-36(51)49(68)69/h7-8,10-11,21,23-24,33-34,36,38,46H,4-6,9,12-20,22,25-28,51H2,1-3H3,(H,52,63)(H,53,64)(H,56,65)(H,68,69)(H,57,58,67)/t33?,34-,36-,38-,46+/m0/s1. The lowest BCUT2D eigenvalue weighted by atomic mass is 10.0. The lowest BCUT2D eigenvalue weighted by Crippen LogP contribution is -2.47. The number of hydrogen-bond acceptors (Lipinski definition) is 16. The molecule has 4 aromatic rings. The van der Waals surface area contributed by atoms with Crippen LogP contribution in [0.2, 0.25) is 0 Å². The van der Waals surface area contributed by atoms with Gasteiger partial charge in [-0.15, -0.1) is 0 Å². The SMILES string of the molecule is CCCCC1[C@@H]2[C@H]1C[C@@H](C(=O)Nc1nc(Br)ccc1C)N2C(=O)Cn1nc(C(C)=O)c2cc(-c3cnc(CNC(=O)COCCOCCNC(=O)COCCOCCNC(=O)CC[C@H](N)C(=O)O)nc3)ccc21. The number of ketones is 1. The van der Waals surface area contributed by atoms with Crippen molar-refractivity contribution in [2.75, 3.05) is 71.3 Å². The molecule has 1 saturated carbocycles. The van der Waals surface area contributed by atoms with E-state index in [2.05, 4.69) is 64.2 Å². The van der Waals surface area contributed by atoms with E-state index in [-0.39, 0.29) is 145 Å². The number of nitrogens with zero attached hydrogens (tertiary/aromatic N) is 6. The van der Waals surface area contributed by atoms with Crippen LogP contribution >= 0.6 is 15.9 Å². The van der Waals surface area contributed by atoms with Crippen LogP contribution in [0.4, 0.5) is 5.82 Å². The predicted octanol–water partition coefficient (Wildman–Crippen LogP) is 2.31. The third-order valence-electron chi connectivity index (χ3n) is 12.4. The number of aromatic nitrogens is 5. The number of pyridine rings is 1. The van der Waals surface area contributed by atoms with Crippen molar-refractivity contribution >= 4 is 73.9 Å². The Morgan fingerprint density at radius 1 is 0.863 bits per heavy atom. The highest BCUT2D eigenvalue weighted by atomic mass is 79.9. The Hall–Kier alpha value is -6.31. The second kappa shape index (κ2) is 27.7. The van der Waals surface area contributed by atoms with Crippen molar-refractivity contribution in [1.29, 1.82) is 0 Å². The molecule has 73 heavy (non-hydrogen) atoms. The molecule has 5 atom stereocenters. The first-order valence-corrected chi connectivity index (χ1v) is 25.1. The Morgan fingerprint density at radius 3 is 2.18 bits per heavy atom. The maximum Gasteiger partial charge on any atom is 0.320 e. The van der Waals surface area contributed by atoms with Gasteiger partial charge in [-0.1, -0.05) is 31.9 Å². The number of nitrogens with two attached hydrogens (primary N) is 1. The third kappa shape index (κ3) is 16.3. The summed E-state index contributed by atoms with van der Waals surface area (Å²) in [4.78, 5) is 103. The molecule has 5 amide bonds. The molecule has 23 nitrogen and oxygen atoms in total. The van der Waals surface area contributed by atoms with E-state index >= 15 is 0 Å². The number of nitrogens with one attached hydrogen (secondary N) is 4. The average molecular weight is 1080 g/mol. The fourth-order valence-electron chi connectivity index (χ4n) is 8.58. The van der Waals surface area contributed by atoms with Gasteiger partial charge in [-0.2, -0.15) is 5.10 Å². The van der Waals surface area contributed by atoms with Crippen LogP contribution in [0.15, 0.2) is 47.3 Å². The molecular weight excluding hydrogens is 1010 g/mol. The maximum atomic E-state index is 14.3. The summed E-state index contributed by atoms with van der Waals surface area (Å²) in [6.45, 7) is 6.58. The zero-order chi connectivity index (χ0) is 52.4. The summed E-state index contributed by atoms with van der Waals surface area (Å²) in [5.41, 5.74) is 8.35. The van der Waals surface area contributed by atoms with Gasteiger partial charge in [-0.05, 0) is 83.3 Å². The number of hydrogen-bond donors (Lipinski definition) is 6. The number of ether oxygens (including phenoxy) is 4. The number of rotatable bonds is 31. The first-order valence-electron chi connectivity index (χ1n) is 24.3. The largest absolute Gasteiger partial charge is 0.480 e. The van der Waals surface area contributed by atoms with Gasteiger partial charge >= 0.3 is 5.97 Å². The molecule has 4 heterocycles. The topological polar surface area (TPSA) is 311 Å². The van der Waals surface area contributed by atoms with Gasteiger partial charge in [0.05, 0.1) is 51.7 Å². The van der Waals surface area contributed by atoms with Gasteiger partial charge in [-0.3, -0.25) is 38.2 Å². The average Bonchev–Trinajstić information content (AvgIpc) is 3.66. The zero-order valence-electron chi connectivity index (χ0n) is 41.2. The van der Waals surface area contributed by atoms with Crippen molar-refractivity contribution < 1.29 is 57.6 Å². The van der Waals surface area contributed by atoms with Gasteiger partial charge in [0.1, 0.15) is 53.8 Å². The van der Waals surface area contributed by atoms with Crippen LogP contribution in [-0.2, 0) is 60.8 Å². The number of likely N-dealkylation sites (tertiary alicyclic amines) is 1. The van der Waals surface area contributed by atoms with Crippen molar-refractivity contribution in [3.05, 3.63) is 64.4 Å². The molecule has 1 saturated heterocycles. The van der Waals surface area contributed by atoms with Gasteiger partial charge in [0.25, 0.3) is 0 Å². The minimum atomic E-state index is -1.16. The summed E-state index contributed by atoms with van der Waals surface area (Å²) in [7, 11) is 0. The Kier molecular flexibility index (Phi) is 21.2. The molecule has 7 N–H and O–H groups in total. The molecule has 2 fully saturated rings. The molecule has 394 valence electrons. The Balaban J connectivity index is 0.878. The fourth-order valence-corrected chi connectivity index (χ4v) is 8.89. The molecule has 6 rings (SSSR count). The van der Waals surface area contributed by atoms with E-state index in [1.165, 1.54) is 11.6 Å². The third-order valence-corrected chi connectivity index (χ3v) is 12.9. The number of carboxylic acids is 1. The molecule has 2 aliphatic rings. The summed E-state index contributed by atoms with van der Waals surface area (Å²) in [5, 5.41) is 24.8. The number of halogens is 1. The second-order valence-electron chi connectivity index (χ2n) is 17.8. The predicted molar refractivity (Wildman–Crippen MR) is 268 cm³/mol. The number of Topliss-reactive ketones (excluding diaryl/α,β-unsaturated/α-hetero) is 1. The van der Waals surface area contributed by atoms with Crippen molar-refractivity contribution in [3.8, 4) is 11.1 Å². The molecule has 0 radical (unpaired) electrons. The maximum absolute atomic E-state index is 14.3. The zero-order valence-corrected chi connectivity index (χ0v) is 42.8. The highest BCUT2D eigenvalue weighted by Crippen LogP contribution is 2.56. The second-order valence-corrected chi connectivity index (χ2v) is 18.6. The smallest absolute Gasteiger partial charge is 0.320 e. The number of carboxylic acid groups (broad SMARTS) is 1. The molecule has 3 aromatic heterocycles. The molecule has 0 bridgehead atoms. The van der Waals surface area contributed by atoms with E-state index in [4.69, 9.17) is 29.8 Å². The highest BCUT2D eigenvalue weighted by molar-refractivity contribution is 9.10. The molecular formula is C49H64BrN11O12. The van der Waals surface area contributed by atoms with E-state index in [0.29, 0.717) is 50.6 Å². The Labute approximate surface area is 430 Å². The van der Waals surface area contributed by atoms with Crippen LogP contribution in [0.1, 0.15) is 74.2 Å². The summed E-state index contributed by atoms with van der Waals surface area (Å²) < 4.78 is 23.5. The Bertz CT molecular complexity index is 2580. The van der Waals surface area contributed by atoms with Crippen LogP contribution in [-0.4, -0.2) is 160 Å². The van der Waals surface area contributed by atoms with Gasteiger partial charge < -0.3 is 56.0 Å². The lowest BCUT2D eigenvalue weighted by Gasteiger charge is -2.28. The van der Waals surface area contributed by atoms with Crippen LogP contribution in [0, 0.1) is 18.8 Å². The summed E-state index contributed by atoms with van der Waals surface area (Å²) in [6, 6.07) is 7.34. The number of unbranched alkanes of at least 4 members (excludes halogenated alkanes) is 1. The molecule has 1 aliphatic heterocycles. The van der Waals surface area contributed by atoms with Crippen molar-refractivity contribution in [2.24, 2.45) is 17.6 Å². The van der Waals surface area contributed by atoms with Gasteiger partial charge in [-0.25, -0.2) is 15.0 Å². The minimum Gasteiger partial charge on any atom is -0.480 e. The quantitative estimate of drug-likeness (QED) is 0.0239. The number of aryl methyl sites for hydroxylation is 1. The van der Waals surface area contributed by atoms with Crippen molar-refractivity contribution in [3.63, 3.8) is 0 Å². The molecule has 0 spiro atoms. The lowest BCUT2D eigenvalue weighted by molar-refractivity contribution is -0.139. The van der Waals surface area contributed by atoms with Crippen molar-refractivity contribution in [1.82, 2.24) is 45.6 Å². The van der Waals surface area contributed by atoms with Gasteiger partial charge in [0, 0.05) is 55.8 Å². The molecule has 1 aromatic carbocycles. The highest BCUT2D eigenvalue weighted by Gasteiger charge is 2.63. The van der Waals surface area contributed by atoms with E-state index in [1.54, 1.807) is 29.4 Å². The number of fused-ring (bicyclic) bond motifs is 2. The van der Waals surface area contributed by atoms with E-state index in [1.807, 2.05) is 25.1 Å². The number of amides is 5. The van der Waals surface area contributed by atoms with Crippen LogP contribution < -0.4 is 27.0 Å². The number of benzene rings is 1. The first kappa shape index (κ1) is 56.0. The van der Waals surface area contributed by atoms with E-state index in [9.17, 15) is 33.6 Å². The number of carbonyl (C=O) groups excluding carboxylic acids is 6. The summed E-state index contributed by atoms with van der Waals surface area (Å²) >= 11 is 3.38.